The van der Waals surface area contributed by atoms with Crippen LogP contribution in [0.3, 0.4) is 0 Å². The first-order valence-corrected chi connectivity index (χ1v) is 7.65. The maximum absolute atomic E-state index is 4.68. The van der Waals surface area contributed by atoms with Crippen molar-refractivity contribution in [3.63, 3.8) is 0 Å². The summed E-state index contributed by atoms with van der Waals surface area (Å²) in [6, 6.07) is 0. The van der Waals surface area contributed by atoms with Gasteiger partial charge in [-0.25, -0.2) is 4.98 Å². The van der Waals surface area contributed by atoms with Gasteiger partial charge in [-0.15, -0.1) is 0 Å². The minimum atomic E-state index is 0.260. The first-order valence-electron chi connectivity index (χ1n) is 7.65. The van der Waals surface area contributed by atoms with Crippen molar-refractivity contribution < 1.29 is 0 Å². The molecule has 2 aliphatic rings. The summed E-state index contributed by atoms with van der Waals surface area (Å²) in [6.07, 6.45) is 12.5. The lowest BCUT2D eigenvalue weighted by atomic mass is 9.76. The molecule has 0 amide bonds. The van der Waals surface area contributed by atoms with E-state index in [0.29, 0.717) is 0 Å². The zero-order chi connectivity index (χ0) is 12.4. The Bertz CT molecular complexity index is 402. The molecule has 1 saturated carbocycles. The van der Waals surface area contributed by atoms with Crippen LogP contribution in [0.15, 0.2) is 6.33 Å². The molecule has 18 heavy (non-hydrogen) atoms. The van der Waals surface area contributed by atoms with Crippen LogP contribution in [-0.4, -0.2) is 16.1 Å². The Morgan fingerprint density at radius 3 is 2.94 bits per heavy atom. The molecule has 1 aliphatic heterocycles. The molecule has 0 bridgehead atoms. The van der Waals surface area contributed by atoms with Crippen molar-refractivity contribution in [1.82, 2.24) is 14.9 Å². The monoisotopic (exact) mass is 247 g/mol. The van der Waals surface area contributed by atoms with E-state index < -0.39 is 0 Å². The van der Waals surface area contributed by atoms with E-state index in [0.717, 1.165) is 19.5 Å². The van der Waals surface area contributed by atoms with E-state index in [1.807, 2.05) is 0 Å². The van der Waals surface area contributed by atoms with Crippen LogP contribution >= 0.6 is 0 Å². The molecule has 100 valence electrons. The van der Waals surface area contributed by atoms with Crippen molar-refractivity contribution in [3.8, 4) is 0 Å². The number of unbranched alkanes of at least 4 members (excludes halogenated alkanes) is 1. The predicted octanol–water partition coefficient (Wildman–Crippen LogP) is 2.99. The lowest BCUT2D eigenvalue weighted by Crippen LogP contribution is -2.49. The zero-order valence-corrected chi connectivity index (χ0v) is 11.5. The van der Waals surface area contributed by atoms with E-state index in [2.05, 4.69) is 28.1 Å². The second kappa shape index (κ2) is 5.04. The van der Waals surface area contributed by atoms with Gasteiger partial charge in [0, 0.05) is 19.5 Å². The normalized spacial score (nSPS) is 22.1. The number of fused-ring (bicyclic) bond motifs is 2. The Morgan fingerprint density at radius 2 is 2.17 bits per heavy atom. The Balaban J connectivity index is 1.94. The molecule has 0 unspecified atom stereocenters. The third-order valence-electron chi connectivity index (χ3n) is 4.65. The average molecular weight is 247 g/mol. The van der Waals surface area contributed by atoms with E-state index in [4.69, 9.17) is 0 Å². The summed E-state index contributed by atoms with van der Waals surface area (Å²) in [7, 11) is 0. The summed E-state index contributed by atoms with van der Waals surface area (Å²) in [5, 5.41) is 3.83. The van der Waals surface area contributed by atoms with E-state index in [9.17, 15) is 0 Å². The number of hydrogen-bond donors (Lipinski definition) is 1. The second-order valence-electron chi connectivity index (χ2n) is 5.91. The fourth-order valence-corrected chi connectivity index (χ4v) is 3.73. The fourth-order valence-electron chi connectivity index (χ4n) is 3.73. The maximum atomic E-state index is 4.68. The Hall–Kier alpha value is -0.830. The van der Waals surface area contributed by atoms with Crippen LogP contribution in [0.4, 0.5) is 0 Å². The molecular weight excluding hydrogens is 222 g/mol. The summed E-state index contributed by atoms with van der Waals surface area (Å²) >= 11 is 0. The minimum absolute atomic E-state index is 0.260. The van der Waals surface area contributed by atoms with Gasteiger partial charge in [0.2, 0.25) is 0 Å². The van der Waals surface area contributed by atoms with E-state index in [1.165, 1.54) is 56.3 Å². The first kappa shape index (κ1) is 12.2. The van der Waals surface area contributed by atoms with Crippen LogP contribution in [-0.2, 0) is 18.5 Å². The molecule has 1 aromatic heterocycles. The van der Waals surface area contributed by atoms with Gasteiger partial charge in [0.05, 0.1) is 23.3 Å². The Labute approximate surface area is 110 Å². The highest BCUT2D eigenvalue weighted by Crippen LogP contribution is 2.40. The number of imidazole rings is 1. The lowest BCUT2D eigenvalue weighted by Gasteiger charge is -2.42. The molecule has 1 N–H and O–H groups in total. The fraction of sp³-hybridized carbons (Fsp3) is 0.800. The predicted molar refractivity (Wildman–Crippen MR) is 73.6 cm³/mol. The number of aromatic nitrogens is 2. The molecule has 2 heterocycles. The van der Waals surface area contributed by atoms with Crippen molar-refractivity contribution in [1.29, 1.82) is 0 Å². The van der Waals surface area contributed by atoms with E-state index in [1.54, 1.807) is 0 Å². The quantitative estimate of drug-likeness (QED) is 0.890. The molecule has 1 fully saturated rings. The zero-order valence-electron chi connectivity index (χ0n) is 11.5. The van der Waals surface area contributed by atoms with Crippen molar-refractivity contribution >= 4 is 0 Å². The SMILES string of the molecule is CCCCn1cnc2c1C1(CCCCC1)NCC2. The third kappa shape index (κ3) is 1.99. The molecular formula is C15H25N3. The molecule has 3 rings (SSSR count). The molecule has 3 nitrogen and oxygen atoms in total. The largest absolute Gasteiger partial charge is 0.333 e. The molecule has 3 heteroatoms. The molecule has 1 aromatic rings. The van der Waals surface area contributed by atoms with Gasteiger partial charge in [-0.2, -0.15) is 0 Å². The van der Waals surface area contributed by atoms with Gasteiger partial charge in [-0.05, 0) is 19.3 Å². The van der Waals surface area contributed by atoms with Gasteiger partial charge in [0.25, 0.3) is 0 Å². The molecule has 1 spiro atoms. The van der Waals surface area contributed by atoms with E-state index >= 15 is 0 Å². The summed E-state index contributed by atoms with van der Waals surface area (Å²) < 4.78 is 2.44. The highest BCUT2D eigenvalue weighted by molar-refractivity contribution is 5.27. The summed E-state index contributed by atoms with van der Waals surface area (Å²) in [5.41, 5.74) is 3.16. The minimum Gasteiger partial charge on any atom is -0.333 e. The van der Waals surface area contributed by atoms with Gasteiger partial charge in [0.1, 0.15) is 0 Å². The molecule has 0 radical (unpaired) electrons. The number of aryl methyl sites for hydroxylation is 1. The molecule has 0 saturated heterocycles. The van der Waals surface area contributed by atoms with Crippen LogP contribution in [0.2, 0.25) is 0 Å². The van der Waals surface area contributed by atoms with Gasteiger partial charge in [-0.3, -0.25) is 0 Å². The molecule has 0 atom stereocenters. The topological polar surface area (TPSA) is 29.9 Å². The standard InChI is InChI=1S/C15H25N3/c1-2-3-11-18-12-16-13-7-10-17-15(14(13)18)8-5-4-6-9-15/h12,17H,2-11H2,1H3. The lowest BCUT2D eigenvalue weighted by molar-refractivity contribution is 0.208. The number of nitrogens with one attached hydrogen (secondary N) is 1. The summed E-state index contributed by atoms with van der Waals surface area (Å²) in [5.74, 6) is 0. The summed E-state index contributed by atoms with van der Waals surface area (Å²) in [6.45, 7) is 4.51. The number of hydrogen-bond acceptors (Lipinski definition) is 2. The maximum Gasteiger partial charge on any atom is 0.0952 e. The molecule has 1 aliphatic carbocycles. The van der Waals surface area contributed by atoms with Crippen LogP contribution < -0.4 is 5.32 Å². The van der Waals surface area contributed by atoms with Gasteiger partial charge in [-0.1, -0.05) is 32.6 Å². The van der Waals surface area contributed by atoms with Crippen LogP contribution in [0.1, 0.15) is 63.3 Å². The Morgan fingerprint density at radius 1 is 1.33 bits per heavy atom. The van der Waals surface area contributed by atoms with Crippen molar-refractivity contribution in [2.45, 2.75) is 70.4 Å². The van der Waals surface area contributed by atoms with Crippen LogP contribution in [0.5, 0.6) is 0 Å². The Kier molecular flexibility index (Phi) is 3.42. The third-order valence-corrected chi connectivity index (χ3v) is 4.65. The van der Waals surface area contributed by atoms with Crippen LogP contribution in [0.25, 0.3) is 0 Å². The highest BCUT2D eigenvalue weighted by Gasteiger charge is 2.40. The van der Waals surface area contributed by atoms with Gasteiger partial charge >= 0.3 is 0 Å². The van der Waals surface area contributed by atoms with Crippen LogP contribution in [0, 0.1) is 0 Å². The highest BCUT2D eigenvalue weighted by atomic mass is 15.1. The van der Waals surface area contributed by atoms with E-state index in [-0.39, 0.29) is 5.54 Å². The smallest absolute Gasteiger partial charge is 0.0952 e. The molecule has 0 aromatic carbocycles. The van der Waals surface area contributed by atoms with Crippen molar-refractivity contribution in [3.05, 3.63) is 17.7 Å². The first-order chi connectivity index (χ1) is 8.86. The summed E-state index contributed by atoms with van der Waals surface area (Å²) in [4.78, 5) is 4.68. The van der Waals surface area contributed by atoms with Crippen molar-refractivity contribution in [2.75, 3.05) is 6.54 Å². The number of nitrogens with zero attached hydrogens (tertiary/aromatic N) is 2. The van der Waals surface area contributed by atoms with Gasteiger partial charge in [0.15, 0.2) is 0 Å². The van der Waals surface area contributed by atoms with Gasteiger partial charge < -0.3 is 9.88 Å². The number of rotatable bonds is 3. The second-order valence-corrected chi connectivity index (χ2v) is 5.91. The average Bonchev–Trinajstić information content (AvgIpc) is 2.82. The van der Waals surface area contributed by atoms with Crippen molar-refractivity contribution in [2.24, 2.45) is 0 Å².